The molecule has 4 heterocycles. The number of aromatic nitrogens is 4. The predicted molar refractivity (Wildman–Crippen MR) is 137 cm³/mol. The molecule has 4 aromatic rings. The van der Waals surface area contributed by atoms with Crippen molar-refractivity contribution in [1.29, 1.82) is 0 Å². The molecule has 0 amide bonds. The first kappa shape index (κ1) is 22.2. The molecule has 2 fully saturated rings. The Morgan fingerprint density at radius 3 is 2.71 bits per heavy atom. The molecule has 0 bridgehead atoms. The summed E-state index contributed by atoms with van der Waals surface area (Å²) in [6.45, 7) is 5.41. The second kappa shape index (κ2) is 9.73. The quantitative estimate of drug-likeness (QED) is 0.461. The smallest absolute Gasteiger partial charge is 0.164 e. The van der Waals surface area contributed by atoms with Crippen molar-refractivity contribution in [2.75, 3.05) is 38.5 Å². The summed E-state index contributed by atoms with van der Waals surface area (Å²) in [4.78, 5) is 11.3. The van der Waals surface area contributed by atoms with Gasteiger partial charge in [0.25, 0.3) is 0 Å². The highest BCUT2D eigenvalue weighted by atomic mass is 16.5. The number of nitrogens with one attached hydrogen (secondary N) is 1. The van der Waals surface area contributed by atoms with Crippen LogP contribution in [-0.4, -0.2) is 57.4 Å². The third kappa shape index (κ3) is 4.52. The maximum Gasteiger partial charge on any atom is 0.164 e. The number of hydrogen-bond acceptors (Lipinski definition) is 7. The number of nitrogens with two attached hydrogens (primary N) is 1. The van der Waals surface area contributed by atoms with Crippen LogP contribution in [0.3, 0.4) is 0 Å². The predicted octanol–water partition coefficient (Wildman–Crippen LogP) is 3.57. The van der Waals surface area contributed by atoms with Crippen LogP contribution in [-0.2, 0) is 11.3 Å². The topological polar surface area (TPSA) is 94.1 Å². The van der Waals surface area contributed by atoms with Crippen molar-refractivity contribution in [3.05, 3.63) is 72.1 Å². The number of nitrogens with zero attached hydrogens (tertiary/aromatic N) is 5. The zero-order valence-corrected chi connectivity index (χ0v) is 19.8. The molecule has 0 aliphatic carbocycles. The Hall–Kier alpha value is -3.33. The highest BCUT2D eigenvalue weighted by Crippen LogP contribution is 2.33. The summed E-state index contributed by atoms with van der Waals surface area (Å²) in [6, 6.07) is 19.4. The SMILES string of the molecule is Nc1ncnc2c1c(-c1ccc(CN3CCOC(c4ccccc4)C3)cc1)nn2[C@@H]1CCCNC1. The Kier molecular flexibility index (Phi) is 6.16. The van der Waals surface area contributed by atoms with E-state index >= 15 is 0 Å². The molecule has 8 nitrogen and oxygen atoms in total. The minimum Gasteiger partial charge on any atom is -0.383 e. The Morgan fingerprint density at radius 2 is 1.91 bits per heavy atom. The van der Waals surface area contributed by atoms with E-state index in [2.05, 4.69) is 68.7 Å². The first-order valence-corrected chi connectivity index (χ1v) is 12.4. The number of nitrogen functional groups attached to an aromatic ring is 1. The summed E-state index contributed by atoms with van der Waals surface area (Å²) >= 11 is 0. The third-order valence-electron chi connectivity index (χ3n) is 7.09. The first-order valence-electron chi connectivity index (χ1n) is 12.4. The van der Waals surface area contributed by atoms with Gasteiger partial charge < -0.3 is 15.8 Å². The summed E-state index contributed by atoms with van der Waals surface area (Å²) in [5.74, 6) is 0.476. The molecule has 0 saturated carbocycles. The second-order valence-corrected chi connectivity index (χ2v) is 9.45. The monoisotopic (exact) mass is 469 g/mol. The molecule has 0 radical (unpaired) electrons. The number of hydrogen-bond donors (Lipinski definition) is 2. The van der Waals surface area contributed by atoms with E-state index in [0.717, 1.165) is 74.5 Å². The minimum absolute atomic E-state index is 0.122. The van der Waals surface area contributed by atoms with Crippen LogP contribution < -0.4 is 11.1 Å². The van der Waals surface area contributed by atoms with Crippen LogP contribution in [0.25, 0.3) is 22.3 Å². The lowest BCUT2D eigenvalue weighted by atomic mass is 10.1. The number of morpholine rings is 1. The van der Waals surface area contributed by atoms with Gasteiger partial charge in [0, 0.05) is 31.7 Å². The van der Waals surface area contributed by atoms with Crippen molar-refractivity contribution < 1.29 is 4.74 Å². The minimum atomic E-state index is 0.122. The standard InChI is InChI=1S/C27H31N7O/c28-26-24-25(32-34(27(24)31-18-30-26)22-7-4-12-29-15-22)21-10-8-19(9-11-21)16-33-13-14-35-23(17-33)20-5-2-1-3-6-20/h1-3,5-6,8-11,18,22-23,29H,4,7,12-17H2,(H2,28,30,31)/t22-,23?/m1/s1. The molecule has 0 spiro atoms. The van der Waals surface area contributed by atoms with Crippen molar-refractivity contribution in [2.24, 2.45) is 0 Å². The lowest BCUT2D eigenvalue weighted by Gasteiger charge is -2.33. The van der Waals surface area contributed by atoms with Crippen molar-refractivity contribution >= 4 is 16.9 Å². The number of fused-ring (bicyclic) bond motifs is 1. The fourth-order valence-corrected chi connectivity index (χ4v) is 5.24. The summed E-state index contributed by atoms with van der Waals surface area (Å²) in [5, 5.41) is 9.31. The van der Waals surface area contributed by atoms with E-state index in [1.165, 1.54) is 17.5 Å². The van der Waals surface area contributed by atoms with Crippen LogP contribution in [0.2, 0.25) is 0 Å². The van der Waals surface area contributed by atoms with Gasteiger partial charge in [0.05, 0.1) is 24.1 Å². The maximum atomic E-state index is 6.31. The number of benzene rings is 2. The van der Waals surface area contributed by atoms with Crippen LogP contribution in [0, 0.1) is 0 Å². The summed E-state index contributed by atoms with van der Waals surface area (Å²) in [5.41, 5.74) is 11.5. The molecule has 3 N–H and O–H groups in total. The van der Waals surface area contributed by atoms with Gasteiger partial charge >= 0.3 is 0 Å². The summed E-state index contributed by atoms with van der Waals surface area (Å²) in [7, 11) is 0. The molecular weight excluding hydrogens is 438 g/mol. The van der Waals surface area contributed by atoms with Gasteiger partial charge in [-0.1, -0.05) is 54.6 Å². The van der Waals surface area contributed by atoms with Gasteiger partial charge in [-0.25, -0.2) is 14.6 Å². The van der Waals surface area contributed by atoms with E-state index in [4.69, 9.17) is 15.6 Å². The van der Waals surface area contributed by atoms with Crippen molar-refractivity contribution in [3.63, 3.8) is 0 Å². The van der Waals surface area contributed by atoms with Crippen LogP contribution in [0.5, 0.6) is 0 Å². The van der Waals surface area contributed by atoms with E-state index in [0.29, 0.717) is 5.82 Å². The van der Waals surface area contributed by atoms with E-state index in [1.807, 2.05) is 10.7 Å². The Bertz CT molecular complexity index is 1280. The van der Waals surface area contributed by atoms with Gasteiger partial charge in [0.1, 0.15) is 17.8 Å². The third-order valence-corrected chi connectivity index (χ3v) is 7.09. The van der Waals surface area contributed by atoms with Gasteiger partial charge in [0.15, 0.2) is 5.65 Å². The van der Waals surface area contributed by atoms with Gasteiger partial charge in [-0.3, -0.25) is 4.90 Å². The normalized spacial score (nSPS) is 21.4. The van der Waals surface area contributed by atoms with E-state index in [1.54, 1.807) is 0 Å². The number of rotatable bonds is 5. The van der Waals surface area contributed by atoms with Crippen LogP contribution in [0.1, 0.15) is 36.1 Å². The molecule has 35 heavy (non-hydrogen) atoms. The second-order valence-electron chi connectivity index (χ2n) is 9.45. The molecule has 180 valence electrons. The molecule has 6 rings (SSSR count). The average Bonchev–Trinajstić information content (AvgIpc) is 3.31. The van der Waals surface area contributed by atoms with E-state index in [-0.39, 0.29) is 12.1 Å². The zero-order valence-electron chi connectivity index (χ0n) is 19.8. The van der Waals surface area contributed by atoms with Crippen molar-refractivity contribution in [3.8, 4) is 11.3 Å². The molecule has 1 unspecified atom stereocenters. The van der Waals surface area contributed by atoms with Crippen LogP contribution >= 0.6 is 0 Å². The molecule has 2 atom stereocenters. The summed E-state index contributed by atoms with van der Waals surface area (Å²) < 4.78 is 8.07. The molecule has 2 aliphatic heterocycles. The Morgan fingerprint density at radius 1 is 1.06 bits per heavy atom. The highest BCUT2D eigenvalue weighted by Gasteiger charge is 2.24. The highest BCUT2D eigenvalue weighted by molar-refractivity contribution is 5.98. The maximum absolute atomic E-state index is 6.31. The van der Waals surface area contributed by atoms with Gasteiger partial charge in [0.2, 0.25) is 0 Å². The summed E-state index contributed by atoms with van der Waals surface area (Å²) in [6.07, 6.45) is 3.86. The molecule has 8 heteroatoms. The van der Waals surface area contributed by atoms with Gasteiger partial charge in [-0.2, -0.15) is 5.10 Å². The molecule has 2 aromatic heterocycles. The van der Waals surface area contributed by atoms with Gasteiger partial charge in [-0.05, 0) is 30.5 Å². The van der Waals surface area contributed by atoms with Crippen LogP contribution in [0.4, 0.5) is 5.82 Å². The number of piperidine rings is 1. The van der Waals surface area contributed by atoms with Gasteiger partial charge in [-0.15, -0.1) is 0 Å². The van der Waals surface area contributed by atoms with E-state index in [9.17, 15) is 0 Å². The number of ether oxygens (including phenoxy) is 1. The molecule has 2 saturated heterocycles. The number of anilines is 1. The first-order chi connectivity index (χ1) is 17.3. The van der Waals surface area contributed by atoms with Crippen molar-refractivity contribution in [1.82, 2.24) is 30.0 Å². The Balaban J connectivity index is 1.23. The lowest BCUT2D eigenvalue weighted by molar-refractivity contribution is -0.0329. The van der Waals surface area contributed by atoms with Crippen LogP contribution in [0.15, 0.2) is 60.9 Å². The Labute approximate surface area is 205 Å². The van der Waals surface area contributed by atoms with E-state index < -0.39 is 0 Å². The van der Waals surface area contributed by atoms with Crippen molar-refractivity contribution in [2.45, 2.75) is 31.5 Å². The molecule has 2 aromatic carbocycles. The largest absolute Gasteiger partial charge is 0.383 e. The molecular formula is C27H31N7O. The lowest BCUT2D eigenvalue weighted by Crippen LogP contribution is -2.37. The zero-order chi connectivity index (χ0) is 23.6. The molecule has 2 aliphatic rings. The fourth-order valence-electron chi connectivity index (χ4n) is 5.24. The average molecular weight is 470 g/mol. The fraction of sp³-hybridized carbons (Fsp3) is 0.370.